The van der Waals surface area contributed by atoms with Gasteiger partial charge in [-0.15, -0.1) is 0 Å². The number of anilines is 1. The largest absolute Gasteiger partial charge is 0.467 e. The van der Waals surface area contributed by atoms with Crippen molar-refractivity contribution in [2.75, 3.05) is 25.5 Å². The number of methoxy groups -OCH3 is 1. The fraction of sp³-hybridized carbons (Fsp3) is 0.269. The maximum Gasteiger partial charge on any atom is 0.330 e. The molecule has 1 unspecified atom stereocenters. The fourth-order valence-electron chi connectivity index (χ4n) is 4.45. The molecule has 4 nitrogen and oxygen atoms in total. The van der Waals surface area contributed by atoms with Crippen molar-refractivity contribution in [3.05, 3.63) is 102 Å². The minimum absolute atomic E-state index is 0.205. The van der Waals surface area contributed by atoms with Crippen LogP contribution in [0.1, 0.15) is 23.1 Å². The lowest BCUT2D eigenvalue weighted by Crippen LogP contribution is -2.53. The molecule has 0 fully saturated rings. The van der Waals surface area contributed by atoms with E-state index in [1.807, 2.05) is 54.6 Å². The molecule has 4 rings (SSSR count). The number of nitrogens with zero attached hydrogens (tertiary/aromatic N) is 1. The number of para-hydroxylation sites is 1. The highest BCUT2D eigenvalue weighted by Crippen LogP contribution is 2.38. The van der Waals surface area contributed by atoms with E-state index < -0.39 is 5.54 Å². The molecule has 0 aliphatic carbocycles. The zero-order valence-electron chi connectivity index (χ0n) is 17.4. The van der Waals surface area contributed by atoms with Crippen LogP contribution in [0.5, 0.6) is 0 Å². The number of rotatable bonds is 6. The van der Waals surface area contributed by atoms with Crippen LogP contribution in [0.25, 0.3) is 0 Å². The number of hydrogen-bond donors (Lipinski definition) is 1. The van der Waals surface area contributed by atoms with Gasteiger partial charge >= 0.3 is 5.97 Å². The highest BCUT2D eigenvalue weighted by Gasteiger charge is 2.46. The molecule has 0 bridgehead atoms. The molecule has 0 amide bonds. The van der Waals surface area contributed by atoms with Gasteiger partial charge in [0.1, 0.15) is 5.54 Å². The maximum atomic E-state index is 13.5. The van der Waals surface area contributed by atoms with Crippen molar-refractivity contribution in [2.24, 2.45) is 0 Å². The second-order valence-electron chi connectivity index (χ2n) is 7.71. The maximum absolute atomic E-state index is 13.5. The zero-order chi connectivity index (χ0) is 20.8. The lowest BCUT2D eigenvalue weighted by molar-refractivity contribution is -0.157. The van der Waals surface area contributed by atoms with Gasteiger partial charge in [-0.1, -0.05) is 78.9 Å². The van der Waals surface area contributed by atoms with Crippen LogP contribution in [0.15, 0.2) is 84.9 Å². The number of aryl methyl sites for hydroxylation is 1. The fourth-order valence-corrected chi connectivity index (χ4v) is 4.45. The second kappa shape index (κ2) is 9.14. The second-order valence-corrected chi connectivity index (χ2v) is 7.71. The molecule has 0 aromatic heterocycles. The lowest BCUT2D eigenvalue weighted by Gasteiger charge is -2.41. The molecule has 1 heterocycles. The molecular weight excluding hydrogens is 372 g/mol. The minimum Gasteiger partial charge on any atom is -0.467 e. The first kappa shape index (κ1) is 20.2. The number of fused-ring (bicyclic) bond motifs is 1. The normalized spacial score (nSPS) is 15.9. The van der Waals surface area contributed by atoms with E-state index in [1.165, 1.54) is 18.2 Å². The Morgan fingerprint density at radius 1 is 0.967 bits per heavy atom. The van der Waals surface area contributed by atoms with Crippen molar-refractivity contribution in [3.63, 3.8) is 0 Å². The molecule has 30 heavy (non-hydrogen) atoms. The van der Waals surface area contributed by atoms with E-state index >= 15 is 0 Å². The molecule has 3 aromatic rings. The predicted molar refractivity (Wildman–Crippen MR) is 120 cm³/mol. The first-order chi connectivity index (χ1) is 14.7. The summed E-state index contributed by atoms with van der Waals surface area (Å²) >= 11 is 0. The van der Waals surface area contributed by atoms with Crippen LogP contribution in [0.3, 0.4) is 0 Å². The van der Waals surface area contributed by atoms with Gasteiger partial charge in [0.2, 0.25) is 0 Å². The molecule has 3 aromatic carbocycles. The van der Waals surface area contributed by atoms with Gasteiger partial charge < -0.3 is 10.1 Å². The van der Waals surface area contributed by atoms with E-state index in [1.54, 1.807) is 0 Å². The van der Waals surface area contributed by atoms with Crippen molar-refractivity contribution >= 4 is 11.7 Å². The molecule has 0 spiro atoms. The Labute approximate surface area is 178 Å². The van der Waals surface area contributed by atoms with Crippen LogP contribution in [0, 0.1) is 0 Å². The Balaban J connectivity index is 1.78. The van der Waals surface area contributed by atoms with E-state index in [0.717, 1.165) is 30.8 Å². The summed E-state index contributed by atoms with van der Waals surface area (Å²) in [6.45, 7) is 2.20. The quantitative estimate of drug-likeness (QED) is 0.613. The molecule has 154 valence electrons. The molecule has 0 radical (unpaired) electrons. The Morgan fingerprint density at radius 3 is 2.37 bits per heavy atom. The average Bonchev–Trinajstić information content (AvgIpc) is 3.03. The van der Waals surface area contributed by atoms with Crippen molar-refractivity contribution in [2.45, 2.75) is 24.9 Å². The van der Waals surface area contributed by atoms with Gasteiger partial charge in [-0.05, 0) is 35.6 Å². The van der Waals surface area contributed by atoms with Crippen LogP contribution in [-0.2, 0) is 28.0 Å². The zero-order valence-corrected chi connectivity index (χ0v) is 17.4. The van der Waals surface area contributed by atoms with Gasteiger partial charge in [0.15, 0.2) is 0 Å². The van der Waals surface area contributed by atoms with Crippen LogP contribution >= 0.6 is 0 Å². The van der Waals surface area contributed by atoms with Gasteiger partial charge in [-0.2, -0.15) is 0 Å². The third-order valence-electron chi connectivity index (χ3n) is 6.01. The Morgan fingerprint density at radius 2 is 1.63 bits per heavy atom. The van der Waals surface area contributed by atoms with Crippen molar-refractivity contribution in [3.8, 4) is 0 Å². The van der Waals surface area contributed by atoms with E-state index in [2.05, 4.69) is 40.5 Å². The van der Waals surface area contributed by atoms with Gasteiger partial charge in [0.05, 0.1) is 7.11 Å². The molecule has 4 heteroatoms. The first-order valence-electron chi connectivity index (χ1n) is 10.5. The summed E-state index contributed by atoms with van der Waals surface area (Å²) in [7, 11) is 1.49. The molecule has 1 atom stereocenters. The summed E-state index contributed by atoms with van der Waals surface area (Å²) in [4.78, 5) is 15.8. The summed E-state index contributed by atoms with van der Waals surface area (Å²) in [6.07, 6.45) is 1.44. The van der Waals surface area contributed by atoms with Crippen molar-refractivity contribution < 1.29 is 9.53 Å². The number of hydrogen-bond acceptors (Lipinski definition) is 4. The standard InChI is InChI=1S/C26H28N2O2/c1-30-25(29)26(23-13-6-3-7-14-23,17-16-21-10-4-2-5-11-21)28-19-18-27-24-15-9-8-12-22(24)20-28/h2-15,27H,16-20H2,1H3. The topological polar surface area (TPSA) is 41.6 Å². The molecule has 1 aliphatic heterocycles. The number of esters is 1. The van der Waals surface area contributed by atoms with Crippen molar-refractivity contribution in [1.29, 1.82) is 0 Å². The van der Waals surface area contributed by atoms with Crippen molar-refractivity contribution in [1.82, 2.24) is 4.90 Å². The van der Waals surface area contributed by atoms with E-state index in [4.69, 9.17) is 4.74 Å². The third kappa shape index (κ3) is 3.96. The Hall–Kier alpha value is -3.11. The number of benzene rings is 3. The van der Waals surface area contributed by atoms with Crippen LogP contribution in [0.2, 0.25) is 0 Å². The summed E-state index contributed by atoms with van der Waals surface area (Å²) < 4.78 is 5.44. The van der Waals surface area contributed by atoms with Gasteiger partial charge in [0, 0.05) is 25.3 Å². The summed E-state index contributed by atoms with van der Waals surface area (Å²) in [5.41, 5.74) is 3.67. The van der Waals surface area contributed by atoms with Gasteiger partial charge in [-0.25, -0.2) is 4.79 Å². The minimum atomic E-state index is -0.856. The number of nitrogens with one attached hydrogen (secondary N) is 1. The summed E-state index contributed by atoms with van der Waals surface area (Å²) in [5, 5.41) is 3.52. The van der Waals surface area contributed by atoms with Gasteiger partial charge in [-0.3, -0.25) is 4.90 Å². The number of ether oxygens (including phenoxy) is 1. The lowest BCUT2D eigenvalue weighted by atomic mass is 9.82. The third-order valence-corrected chi connectivity index (χ3v) is 6.01. The number of carbonyl (C=O) groups excluding carboxylic acids is 1. The summed E-state index contributed by atoms with van der Waals surface area (Å²) in [5.74, 6) is -0.205. The molecule has 0 saturated heterocycles. The Kier molecular flexibility index (Phi) is 6.15. The van der Waals surface area contributed by atoms with Crippen LogP contribution in [-0.4, -0.2) is 31.1 Å². The molecule has 1 aliphatic rings. The molecule has 0 saturated carbocycles. The highest BCUT2D eigenvalue weighted by atomic mass is 16.5. The molecular formula is C26H28N2O2. The number of carbonyl (C=O) groups is 1. The highest BCUT2D eigenvalue weighted by molar-refractivity contribution is 5.83. The van der Waals surface area contributed by atoms with Gasteiger partial charge in [0.25, 0.3) is 0 Å². The van der Waals surface area contributed by atoms with E-state index in [9.17, 15) is 4.79 Å². The average molecular weight is 401 g/mol. The first-order valence-corrected chi connectivity index (χ1v) is 10.5. The Bertz CT molecular complexity index is 975. The van der Waals surface area contributed by atoms with E-state index in [-0.39, 0.29) is 5.97 Å². The van der Waals surface area contributed by atoms with Crippen LogP contribution < -0.4 is 5.32 Å². The SMILES string of the molecule is COC(=O)C(CCc1ccccc1)(c1ccccc1)N1CCNc2ccccc2C1. The smallest absolute Gasteiger partial charge is 0.330 e. The summed E-state index contributed by atoms with van der Waals surface area (Å²) in [6, 6.07) is 28.8. The monoisotopic (exact) mass is 400 g/mol. The van der Waals surface area contributed by atoms with E-state index in [0.29, 0.717) is 13.0 Å². The predicted octanol–water partition coefficient (Wildman–Crippen LogP) is 4.62. The molecule has 1 N–H and O–H groups in total. The van der Waals surface area contributed by atoms with Crippen LogP contribution in [0.4, 0.5) is 5.69 Å².